The number of nitrogens with zero attached hydrogens (tertiary/aromatic N) is 2. The van der Waals surface area contributed by atoms with Crippen LogP contribution in [0, 0.1) is 0 Å². The molecule has 25 heavy (non-hydrogen) atoms. The second kappa shape index (κ2) is 7.81. The molecule has 0 aliphatic carbocycles. The summed E-state index contributed by atoms with van der Waals surface area (Å²) in [4.78, 5) is 9.33. The zero-order valence-corrected chi connectivity index (χ0v) is 15.3. The molecule has 3 rings (SSSR count). The molecule has 130 valence electrons. The number of hydrogen-bond donors (Lipinski definition) is 1. The summed E-state index contributed by atoms with van der Waals surface area (Å²) in [5, 5.41) is 2.44. The summed E-state index contributed by atoms with van der Waals surface area (Å²) in [6.45, 7) is 0.370. The largest absolute Gasteiger partial charge is 0.475 e. The molecule has 0 radical (unpaired) electrons. The number of benzene rings is 1. The van der Waals surface area contributed by atoms with Gasteiger partial charge in [-0.25, -0.2) is 18.4 Å². The van der Waals surface area contributed by atoms with E-state index < -0.39 is 10.0 Å². The molecule has 9 heteroatoms. The Kier molecular flexibility index (Phi) is 5.52. The van der Waals surface area contributed by atoms with Gasteiger partial charge in [0.1, 0.15) is 0 Å². The molecule has 0 atom stereocenters. The van der Waals surface area contributed by atoms with Crippen LogP contribution in [0.5, 0.6) is 5.88 Å². The Balaban J connectivity index is 1.72. The minimum absolute atomic E-state index is 0.0450. The SMILES string of the molecule is O=S(=O)(Nc1nccnc1OCCc1cccs1)c1ccc(Cl)cc1. The smallest absolute Gasteiger partial charge is 0.263 e. The van der Waals surface area contributed by atoms with Crippen molar-refractivity contribution in [2.24, 2.45) is 0 Å². The molecule has 0 unspecified atom stereocenters. The maximum absolute atomic E-state index is 12.4. The topological polar surface area (TPSA) is 81.2 Å². The molecule has 0 saturated carbocycles. The van der Waals surface area contributed by atoms with Gasteiger partial charge in [0.05, 0.1) is 11.5 Å². The second-order valence-corrected chi connectivity index (χ2v) is 8.10. The minimum atomic E-state index is -3.81. The molecule has 3 aromatic rings. The first-order chi connectivity index (χ1) is 12.0. The molecule has 0 fully saturated rings. The highest BCUT2D eigenvalue weighted by Gasteiger charge is 2.18. The lowest BCUT2D eigenvalue weighted by molar-refractivity contribution is 0.311. The number of rotatable bonds is 7. The summed E-state index contributed by atoms with van der Waals surface area (Å²) >= 11 is 7.42. The monoisotopic (exact) mass is 395 g/mol. The number of ether oxygens (including phenoxy) is 1. The fourth-order valence-corrected chi connectivity index (χ4v) is 3.83. The summed E-state index contributed by atoms with van der Waals surface area (Å²) in [5.41, 5.74) is 0. The zero-order valence-electron chi connectivity index (χ0n) is 12.9. The van der Waals surface area contributed by atoms with Crippen molar-refractivity contribution in [3.63, 3.8) is 0 Å². The van der Waals surface area contributed by atoms with Gasteiger partial charge in [-0.15, -0.1) is 11.3 Å². The molecule has 1 aromatic carbocycles. The number of sulfonamides is 1. The molecule has 2 heterocycles. The predicted molar refractivity (Wildman–Crippen MR) is 97.8 cm³/mol. The van der Waals surface area contributed by atoms with E-state index >= 15 is 0 Å². The maximum atomic E-state index is 12.4. The molecular weight excluding hydrogens is 382 g/mol. The number of anilines is 1. The van der Waals surface area contributed by atoms with Gasteiger partial charge in [0.15, 0.2) is 0 Å². The molecule has 6 nitrogen and oxygen atoms in total. The third kappa shape index (κ3) is 4.68. The van der Waals surface area contributed by atoms with Gasteiger partial charge in [-0.3, -0.25) is 4.72 Å². The molecule has 0 saturated heterocycles. The van der Waals surface area contributed by atoms with E-state index in [0.29, 0.717) is 18.1 Å². The second-order valence-electron chi connectivity index (χ2n) is 4.95. The van der Waals surface area contributed by atoms with Crippen LogP contribution in [-0.4, -0.2) is 25.0 Å². The maximum Gasteiger partial charge on any atom is 0.263 e. The van der Waals surface area contributed by atoms with Gasteiger partial charge in [-0.1, -0.05) is 17.7 Å². The van der Waals surface area contributed by atoms with Crippen molar-refractivity contribution in [3.05, 3.63) is 64.1 Å². The van der Waals surface area contributed by atoms with E-state index in [0.717, 1.165) is 0 Å². The molecule has 0 spiro atoms. The molecule has 0 aliphatic rings. The molecule has 0 amide bonds. The molecule has 1 N–H and O–H groups in total. The van der Waals surface area contributed by atoms with E-state index in [-0.39, 0.29) is 16.6 Å². The quantitative estimate of drug-likeness (QED) is 0.660. The van der Waals surface area contributed by atoms with Gasteiger partial charge < -0.3 is 4.74 Å². The van der Waals surface area contributed by atoms with Crippen molar-refractivity contribution in [1.29, 1.82) is 0 Å². The Morgan fingerprint density at radius 1 is 1.12 bits per heavy atom. The standard InChI is InChI=1S/C16H14ClN3O3S2/c17-12-3-5-14(6-4-12)25(21,22)20-15-16(19-9-8-18-15)23-10-7-13-2-1-11-24-13/h1-6,8-9,11H,7,10H2,(H,18,20). The van der Waals surface area contributed by atoms with Crippen molar-refractivity contribution >= 4 is 38.8 Å². The van der Waals surface area contributed by atoms with Crippen molar-refractivity contribution in [1.82, 2.24) is 9.97 Å². The van der Waals surface area contributed by atoms with Gasteiger partial charge in [-0.2, -0.15) is 0 Å². The van der Waals surface area contributed by atoms with Crippen LogP contribution in [0.25, 0.3) is 0 Å². The van der Waals surface area contributed by atoms with Crippen LogP contribution < -0.4 is 9.46 Å². The first-order valence-corrected chi connectivity index (χ1v) is 10.0. The number of nitrogens with one attached hydrogen (secondary N) is 1. The number of hydrogen-bond acceptors (Lipinski definition) is 6. The van der Waals surface area contributed by atoms with Crippen LogP contribution in [0.2, 0.25) is 5.02 Å². The number of aromatic nitrogens is 2. The van der Waals surface area contributed by atoms with Crippen molar-refractivity contribution < 1.29 is 13.2 Å². The first kappa shape index (κ1) is 17.7. The van der Waals surface area contributed by atoms with E-state index in [2.05, 4.69) is 14.7 Å². The van der Waals surface area contributed by atoms with E-state index in [1.807, 2.05) is 17.5 Å². The van der Waals surface area contributed by atoms with Crippen LogP contribution in [0.15, 0.2) is 59.1 Å². The van der Waals surface area contributed by atoms with Gasteiger partial charge >= 0.3 is 0 Å². The van der Waals surface area contributed by atoms with Crippen molar-refractivity contribution in [2.75, 3.05) is 11.3 Å². The molecular formula is C16H14ClN3O3S2. The van der Waals surface area contributed by atoms with E-state index in [9.17, 15) is 8.42 Å². The van der Waals surface area contributed by atoms with Crippen LogP contribution in [-0.2, 0) is 16.4 Å². The zero-order chi connectivity index (χ0) is 17.7. The van der Waals surface area contributed by atoms with Crippen LogP contribution in [0.1, 0.15) is 4.88 Å². The molecule has 0 bridgehead atoms. The van der Waals surface area contributed by atoms with Crippen LogP contribution >= 0.6 is 22.9 Å². The highest BCUT2D eigenvalue weighted by molar-refractivity contribution is 7.92. The normalized spacial score (nSPS) is 11.2. The minimum Gasteiger partial charge on any atom is -0.475 e. The third-order valence-corrected chi connectivity index (χ3v) is 5.73. The Morgan fingerprint density at radius 2 is 1.88 bits per heavy atom. The average molecular weight is 396 g/mol. The number of thiophene rings is 1. The van der Waals surface area contributed by atoms with Gasteiger partial charge in [0, 0.05) is 28.7 Å². The van der Waals surface area contributed by atoms with E-state index in [4.69, 9.17) is 16.3 Å². The fourth-order valence-electron chi connectivity index (χ4n) is 2.00. The highest BCUT2D eigenvalue weighted by atomic mass is 35.5. The first-order valence-electron chi connectivity index (χ1n) is 7.29. The Labute approximate surface area is 154 Å². The lowest BCUT2D eigenvalue weighted by Gasteiger charge is -2.11. The summed E-state index contributed by atoms with van der Waals surface area (Å²) < 4.78 is 32.9. The van der Waals surface area contributed by atoms with Crippen molar-refractivity contribution in [3.8, 4) is 5.88 Å². The van der Waals surface area contributed by atoms with Gasteiger partial charge in [-0.05, 0) is 35.7 Å². The van der Waals surface area contributed by atoms with Crippen LogP contribution in [0.4, 0.5) is 5.82 Å². The summed E-state index contributed by atoms with van der Waals surface area (Å²) in [6.07, 6.45) is 3.55. The third-order valence-electron chi connectivity index (χ3n) is 3.19. The van der Waals surface area contributed by atoms with Gasteiger partial charge in [0.25, 0.3) is 15.9 Å². The van der Waals surface area contributed by atoms with E-state index in [1.165, 1.54) is 41.5 Å². The van der Waals surface area contributed by atoms with Crippen molar-refractivity contribution in [2.45, 2.75) is 11.3 Å². The predicted octanol–water partition coefficient (Wildman–Crippen LogP) is 3.61. The summed E-state index contributed by atoms with van der Waals surface area (Å²) in [7, 11) is -3.81. The molecule has 2 aromatic heterocycles. The molecule has 0 aliphatic heterocycles. The van der Waals surface area contributed by atoms with Crippen LogP contribution in [0.3, 0.4) is 0 Å². The Bertz CT molecular complexity index is 930. The average Bonchev–Trinajstić information content (AvgIpc) is 3.10. The fraction of sp³-hybridized carbons (Fsp3) is 0.125. The lowest BCUT2D eigenvalue weighted by atomic mass is 10.4. The summed E-state index contributed by atoms with van der Waals surface area (Å²) in [6, 6.07) is 9.82. The van der Waals surface area contributed by atoms with Gasteiger partial charge in [0.2, 0.25) is 5.82 Å². The number of halogens is 1. The lowest BCUT2D eigenvalue weighted by Crippen LogP contribution is -2.15. The Hall–Kier alpha value is -2.16. The Morgan fingerprint density at radius 3 is 2.60 bits per heavy atom. The summed E-state index contributed by atoms with van der Waals surface area (Å²) in [5.74, 6) is 0.181. The highest BCUT2D eigenvalue weighted by Crippen LogP contribution is 2.23. The van der Waals surface area contributed by atoms with E-state index in [1.54, 1.807) is 11.3 Å².